The summed E-state index contributed by atoms with van der Waals surface area (Å²) < 4.78 is 5.71. The van der Waals surface area contributed by atoms with E-state index in [9.17, 15) is 0 Å². The standard InChI is InChI=1S/C20H35N5O.HI/c1-4-24-12-14-25(15-13-24)18(2)17-23-20(21-3)22-11-8-16-26-19-9-6-5-7-10-19;/h5-7,9-10,18H,4,8,11-17H2,1-3H3,(H2,21,22,23);1H. The Morgan fingerprint density at radius 2 is 1.85 bits per heavy atom. The molecule has 1 aromatic carbocycles. The zero-order valence-electron chi connectivity index (χ0n) is 17.0. The van der Waals surface area contributed by atoms with Crippen molar-refractivity contribution in [2.24, 2.45) is 4.99 Å². The summed E-state index contributed by atoms with van der Waals surface area (Å²) in [5, 5.41) is 6.81. The number of nitrogens with zero attached hydrogens (tertiary/aromatic N) is 3. The summed E-state index contributed by atoms with van der Waals surface area (Å²) in [7, 11) is 1.82. The quantitative estimate of drug-likeness (QED) is 0.241. The maximum Gasteiger partial charge on any atom is 0.191 e. The Morgan fingerprint density at radius 3 is 2.48 bits per heavy atom. The first-order valence-corrected chi connectivity index (χ1v) is 9.81. The topological polar surface area (TPSA) is 52.1 Å². The molecular formula is C20H36IN5O. The van der Waals surface area contributed by atoms with Crippen molar-refractivity contribution in [1.82, 2.24) is 20.4 Å². The van der Waals surface area contributed by atoms with Crippen LogP contribution in [0.4, 0.5) is 0 Å². The predicted molar refractivity (Wildman–Crippen MR) is 124 cm³/mol. The van der Waals surface area contributed by atoms with Crippen LogP contribution in [0, 0.1) is 0 Å². The Morgan fingerprint density at radius 1 is 1.15 bits per heavy atom. The van der Waals surface area contributed by atoms with Crippen LogP contribution in [0.5, 0.6) is 5.75 Å². The second kappa shape index (κ2) is 14.0. The molecular weight excluding hydrogens is 453 g/mol. The van der Waals surface area contributed by atoms with E-state index in [4.69, 9.17) is 4.74 Å². The van der Waals surface area contributed by atoms with Gasteiger partial charge in [-0.2, -0.15) is 0 Å². The van der Waals surface area contributed by atoms with Gasteiger partial charge >= 0.3 is 0 Å². The van der Waals surface area contributed by atoms with Crippen molar-refractivity contribution in [3.05, 3.63) is 30.3 Å². The molecule has 7 heteroatoms. The van der Waals surface area contributed by atoms with Crippen molar-refractivity contribution in [2.45, 2.75) is 26.3 Å². The fraction of sp³-hybridized carbons (Fsp3) is 0.650. The van der Waals surface area contributed by atoms with Crippen molar-refractivity contribution >= 4 is 29.9 Å². The highest BCUT2D eigenvalue weighted by atomic mass is 127. The Balaban J connectivity index is 0.00000364. The van der Waals surface area contributed by atoms with Gasteiger partial charge in [0, 0.05) is 52.4 Å². The lowest BCUT2D eigenvalue weighted by atomic mass is 10.2. The van der Waals surface area contributed by atoms with Crippen molar-refractivity contribution in [1.29, 1.82) is 0 Å². The van der Waals surface area contributed by atoms with Crippen LogP contribution in [-0.4, -0.2) is 81.3 Å². The number of halogens is 1. The lowest BCUT2D eigenvalue weighted by Crippen LogP contribution is -2.53. The minimum Gasteiger partial charge on any atom is -0.494 e. The SMILES string of the molecule is CCN1CCN(C(C)CNC(=NC)NCCCOc2ccccc2)CC1.I. The zero-order chi connectivity index (χ0) is 18.6. The summed E-state index contributed by atoms with van der Waals surface area (Å²) in [6, 6.07) is 10.4. The maximum absolute atomic E-state index is 5.71. The number of aliphatic imine (C=N–C) groups is 1. The molecule has 1 heterocycles. The van der Waals surface area contributed by atoms with Crippen molar-refractivity contribution in [3.8, 4) is 5.75 Å². The van der Waals surface area contributed by atoms with E-state index in [1.807, 2.05) is 37.4 Å². The summed E-state index contributed by atoms with van der Waals surface area (Å²) >= 11 is 0. The van der Waals surface area contributed by atoms with Gasteiger partial charge in [0.2, 0.25) is 0 Å². The summed E-state index contributed by atoms with van der Waals surface area (Å²) in [4.78, 5) is 9.38. The Bertz CT molecular complexity index is 520. The largest absolute Gasteiger partial charge is 0.494 e. The number of nitrogens with one attached hydrogen (secondary N) is 2. The first-order chi connectivity index (χ1) is 12.7. The molecule has 27 heavy (non-hydrogen) atoms. The highest BCUT2D eigenvalue weighted by Gasteiger charge is 2.20. The normalized spacial score (nSPS) is 17.1. The number of hydrogen-bond donors (Lipinski definition) is 2. The van der Waals surface area contributed by atoms with Gasteiger partial charge in [0.05, 0.1) is 6.61 Å². The second-order valence-electron chi connectivity index (χ2n) is 6.71. The number of benzene rings is 1. The average Bonchev–Trinajstić information content (AvgIpc) is 2.70. The molecule has 0 radical (unpaired) electrons. The van der Waals surface area contributed by atoms with Gasteiger partial charge in [-0.05, 0) is 32.0 Å². The van der Waals surface area contributed by atoms with Gasteiger partial charge < -0.3 is 20.3 Å². The van der Waals surface area contributed by atoms with E-state index in [-0.39, 0.29) is 24.0 Å². The molecule has 2 rings (SSSR count). The van der Waals surface area contributed by atoms with E-state index < -0.39 is 0 Å². The molecule has 0 aromatic heterocycles. The highest BCUT2D eigenvalue weighted by molar-refractivity contribution is 14.0. The van der Waals surface area contributed by atoms with Crippen LogP contribution in [0.1, 0.15) is 20.3 Å². The lowest BCUT2D eigenvalue weighted by Gasteiger charge is -2.37. The third-order valence-electron chi connectivity index (χ3n) is 4.89. The summed E-state index contributed by atoms with van der Waals surface area (Å²) in [6.45, 7) is 12.8. The third kappa shape index (κ3) is 9.12. The number of guanidine groups is 1. The molecule has 0 amide bonds. The van der Waals surface area contributed by atoms with Gasteiger partial charge in [0.1, 0.15) is 5.75 Å². The number of likely N-dealkylation sites (N-methyl/N-ethyl adjacent to an activating group) is 1. The molecule has 1 atom stereocenters. The van der Waals surface area contributed by atoms with Crippen molar-refractivity contribution in [3.63, 3.8) is 0 Å². The summed E-state index contributed by atoms with van der Waals surface area (Å²) in [6.07, 6.45) is 0.935. The molecule has 0 spiro atoms. The first kappa shape index (κ1) is 24.0. The molecule has 1 aliphatic heterocycles. The third-order valence-corrected chi connectivity index (χ3v) is 4.89. The minimum absolute atomic E-state index is 0. The van der Waals surface area contributed by atoms with Crippen molar-refractivity contribution < 1.29 is 4.74 Å². The van der Waals surface area contributed by atoms with Gasteiger partial charge in [-0.15, -0.1) is 24.0 Å². The molecule has 1 fully saturated rings. The fourth-order valence-corrected chi connectivity index (χ4v) is 3.10. The molecule has 1 aromatic rings. The van der Waals surface area contributed by atoms with E-state index in [1.54, 1.807) is 0 Å². The number of ether oxygens (including phenoxy) is 1. The average molecular weight is 489 g/mol. The van der Waals surface area contributed by atoms with Crippen LogP contribution in [-0.2, 0) is 0 Å². The Labute approximate surface area is 181 Å². The van der Waals surface area contributed by atoms with Gasteiger partial charge in [-0.1, -0.05) is 25.1 Å². The molecule has 0 aliphatic carbocycles. The van der Waals surface area contributed by atoms with Crippen molar-refractivity contribution in [2.75, 3.05) is 59.5 Å². The van der Waals surface area contributed by atoms with E-state index in [0.29, 0.717) is 12.6 Å². The molecule has 2 N–H and O–H groups in total. The molecule has 1 unspecified atom stereocenters. The highest BCUT2D eigenvalue weighted by Crippen LogP contribution is 2.08. The zero-order valence-corrected chi connectivity index (χ0v) is 19.3. The van der Waals surface area contributed by atoms with Crippen LogP contribution in [0.3, 0.4) is 0 Å². The van der Waals surface area contributed by atoms with Crippen LogP contribution in [0.15, 0.2) is 35.3 Å². The number of para-hydroxylation sites is 1. The maximum atomic E-state index is 5.71. The molecule has 0 saturated carbocycles. The molecule has 154 valence electrons. The van der Waals surface area contributed by atoms with E-state index in [0.717, 1.165) is 50.9 Å². The monoisotopic (exact) mass is 489 g/mol. The number of piperazine rings is 1. The van der Waals surface area contributed by atoms with Gasteiger partial charge in [-0.3, -0.25) is 9.89 Å². The van der Waals surface area contributed by atoms with Gasteiger partial charge in [-0.25, -0.2) is 0 Å². The molecule has 6 nitrogen and oxygen atoms in total. The lowest BCUT2D eigenvalue weighted by molar-refractivity contribution is 0.107. The molecule has 0 bridgehead atoms. The summed E-state index contributed by atoms with van der Waals surface area (Å²) in [5.41, 5.74) is 0. The minimum atomic E-state index is 0. The summed E-state index contributed by atoms with van der Waals surface area (Å²) in [5.74, 6) is 1.79. The van der Waals surface area contributed by atoms with E-state index >= 15 is 0 Å². The second-order valence-corrected chi connectivity index (χ2v) is 6.71. The number of rotatable bonds is 9. The smallest absolute Gasteiger partial charge is 0.191 e. The van der Waals surface area contributed by atoms with Gasteiger partial charge in [0.25, 0.3) is 0 Å². The Hall–Kier alpha value is -1.06. The van der Waals surface area contributed by atoms with Crippen LogP contribution in [0.25, 0.3) is 0 Å². The van der Waals surface area contributed by atoms with E-state index in [1.165, 1.54) is 13.1 Å². The van der Waals surface area contributed by atoms with Crippen LogP contribution >= 0.6 is 24.0 Å². The Kier molecular flexibility index (Phi) is 12.4. The number of hydrogen-bond acceptors (Lipinski definition) is 4. The van der Waals surface area contributed by atoms with Crippen LogP contribution < -0.4 is 15.4 Å². The molecule has 1 saturated heterocycles. The molecule has 1 aliphatic rings. The van der Waals surface area contributed by atoms with Gasteiger partial charge in [0.15, 0.2) is 5.96 Å². The first-order valence-electron chi connectivity index (χ1n) is 9.81. The van der Waals surface area contributed by atoms with Crippen LogP contribution in [0.2, 0.25) is 0 Å². The predicted octanol–water partition coefficient (Wildman–Crippen LogP) is 2.26. The fourth-order valence-electron chi connectivity index (χ4n) is 3.10. The van der Waals surface area contributed by atoms with E-state index in [2.05, 4.69) is 39.3 Å².